The summed E-state index contributed by atoms with van der Waals surface area (Å²) in [4.78, 5) is 9.02. The van der Waals surface area contributed by atoms with E-state index in [2.05, 4.69) is 59.1 Å². The van der Waals surface area contributed by atoms with E-state index in [1.54, 1.807) is 19.3 Å². The van der Waals surface area contributed by atoms with Gasteiger partial charge in [-0.15, -0.1) is 0 Å². The quantitative estimate of drug-likeness (QED) is 0.193. The van der Waals surface area contributed by atoms with E-state index in [-0.39, 0.29) is 6.10 Å². The van der Waals surface area contributed by atoms with E-state index in [0.29, 0.717) is 5.82 Å². The van der Waals surface area contributed by atoms with Gasteiger partial charge in [0.1, 0.15) is 5.75 Å². The number of fused-ring (bicyclic) bond motifs is 1. The van der Waals surface area contributed by atoms with Gasteiger partial charge in [0.2, 0.25) is 0 Å². The zero-order chi connectivity index (χ0) is 24.7. The van der Waals surface area contributed by atoms with E-state index in [9.17, 15) is 5.11 Å². The van der Waals surface area contributed by atoms with Gasteiger partial charge in [-0.2, -0.15) is 0 Å². The van der Waals surface area contributed by atoms with Gasteiger partial charge in [-0.1, -0.05) is 81.9 Å². The van der Waals surface area contributed by atoms with Gasteiger partial charge in [-0.05, 0) is 55.2 Å². The summed E-state index contributed by atoms with van der Waals surface area (Å²) in [5, 5.41) is 11.6. The van der Waals surface area contributed by atoms with Crippen LogP contribution < -0.4 is 4.74 Å². The molecular formula is C31H40N2O2. The van der Waals surface area contributed by atoms with Gasteiger partial charge in [0.25, 0.3) is 0 Å². The van der Waals surface area contributed by atoms with Crippen LogP contribution in [0.2, 0.25) is 0 Å². The highest BCUT2D eigenvalue weighted by Gasteiger charge is 2.04. The number of nitrogens with zero attached hydrogens (tertiary/aromatic N) is 2. The minimum Gasteiger partial charge on any atom is -0.494 e. The van der Waals surface area contributed by atoms with Crippen molar-refractivity contribution in [3.63, 3.8) is 0 Å². The molecule has 1 unspecified atom stereocenters. The second-order valence-corrected chi connectivity index (χ2v) is 9.39. The van der Waals surface area contributed by atoms with E-state index in [4.69, 9.17) is 4.74 Å². The molecule has 0 saturated heterocycles. The SMILES string of the molecule is CCCCCCCCCCOc1ccc2cc(-c3ncc(C#CCCCC(C)O)cn3)ccc2c1. The lowest BCUT2D eigenvalue weighted by molar-refractivity contribution is 0.182. The standard InChI is InChI=1S/C31H40N2O2/c1-3-4-5-6-7-8-9-13-20-35-30-19-18-27-21-29(17-16-28(27)22-30)31-32-23-26(24-33-31)15-12-10-11-14-25(2)34/h16-19,21-25,34H,3-11,13-14,20H2,1-2H3. The van der Waals surface area contributed by atoms with Crippen LogP contribution in [0.5, 0.6) is 5.75 Å². The predicted molar refractivity (Wildman–Crippen MR) is 145 cm³/mol. The van der Waals surface area contributed by atoms with E-state index in [1.807, 2.05) is 6.07 Å². The Balaban J connectivity index is 1.47. The molecule has 1 atom stereocenters. The zero-order valence-corrected chi connectivity index (χ0v) is 21.4. The lowest BCUT2D eigenvalue weighted by Gasteiger charge is -2.08. The molecule has 0 radical (unpaired) electrons. The third kappa shape index (κ3) is 9.70. The Bertz CT molecular complexity index is 1080. The summed E-state index contributed by atoms with van der Waals surface area (Å²) in [7, 11) is 0. The van der Waals surface area contributed by atoms with Crippen molar-refractivity contribution in [2.45, 2.75) is 90.6 Å². The van der Waals surface area contributed by atoms with E-state index in [1.165, 1.54) is 44.9 Å². The fraction of sp³-hybridized carbons (Fsp3) is 0.484. The van der Waals surface area contributed by atoms with Crippen LogP contribution in [0, 0.1) is 11.8 Å². The summed E-state index contributed by atoms with van der Waals surface area (Å²) in [5.74, 6) is 7.85. The predicted octanol–water partition coefficient (Wildman–Crippen LogP) is 7.72. The summed E-state index contributed by atoms with van der Waals surface area (Å²) in [6.45, 7) is 4.85. The number of rotatable bonds is 14. The molecule has 4 heteroatoms. The fourth-order valence-electron chi connectivity index (χ4n) is 4.07. The van der Waals surface area contributed by atoms with Crippen molar-refractivity contribution in [3.05, 3.63) is 54.4 Å². The van der Waals surface area contributed by atoms with Crippen LogP contribution in [0.1, 0.15) is 90.0 Å². The minimum atomic E-state index is -0.264. The highest BCUT2D eigenvalue weighted by atomic mass is 16.5. The summed E-state index contributed by atoms with van der Waals surface area (Å²) in [6.07, 6.45) is 16.2. The lowest BCUT2D eigenvalue weighted by atomic mass is 10.1. The Hall–Kier alpha value is -2.90. The zero-order valence-electron chi connectivity index (χ0n) is 21.4. The molecule has 0 fully saturated rings. The van der Waals surface area contributed by atoms with Crippen LogP contribution in [0.15, 0.2) is 48.8 Å². The van der Waals surface area contributed by atoms with Crippen LogP contribution in [-0.2, 0) is 0 Å². The van der Waals surface area contributed by atoms with Gasteiger partial charge in [-0.25, -0.2) is 9.97 Å². The fourth-order valence-corrected chi connectivity index (χ4v) is 4.07. The number of benzene rings is 2. The van der Waals surface area contributed by atoms with Gasteiger partial charge >= 0.3 is 0 Å². The number of hydrogen-bond donors (Lipinski definition) is 1. The van der Waals surface area contributed by atoms with Gasteiger partial charge in [0.05, 0.1) is 18.3 Å². The molecule has 0 spiro atoms. The molecule has 2 aromatic carbocycles. The Kier molecular flexibility index (Phi) is 11.6. The molecule has 35 heavy (non-hydrogen) atoms. The van der Waals surface area contributed by atoms with Crippen molar-refractivity contribution < 1.29 is 9.84 Å². The largest absolute Gasteiger partial charge is 0.494 e. The maximum absolute atomic E-state index is 9.30. The average Bonchev–Trinajstić information content (AvgIpc) is 2.87. The van der Waals surface area contributed by atoms with Crippen molar-refractivity contribution in [1.29, 1.82) is 0 Å². The Morgan fingerprint density at radius 3 is 2.29 bits per heavy atom. The summed E-state index contributed by atoms with van der Waals surface area (Å²) < 4.78 is 6.00. The van der Waals surface area contributed by atoms with Crippen LogP contribution >= 0.6 is 0 Å². The maximum atomic E-state index is 9.30. The second kappa shape index (κ2) is 15.2. The van der Waals surface area contributed by atoms with Crippen LogP contribution in [0.3, 0.4) is 0 Å². The number of unbranched alkanes of at least 4 members (excludes halogenated alkanes) is 8. The van der Waals surface area contributed by atoms with Crippen LogP contribution in [0.4, 0.5) is 0 Å². The third-order valence-corrected chi connectivity index (χ3v) is 6.14. The minimum absolute atomic E-state index is 0.264. The molecule has 3 rings (SSSR count). The molecule has 0 amide bonds. The van der Waals surface area contributed by atoms with Crippen molar-refractivity contribution >= 4 is 10.8 Å². The normalized spacial score (nSPS) is 11.7. The topological polar surface area (TPSA) is 55.2 Å². The first-order valence-corrected chi connectivity index (χ1v) is 13.3. The number of aromatic nitrogens is 2. The van der Waals surface area contributed by atoms with Crippen molar-refractivity contribution in [2.24, 2.45) is 0 Å². The second-order valence-electron chi connectivity index (χ2n) is 9.39. The molecule has 0 aliphatic carbocycles. The first kappa shape index (κ1) is 26.7. The first-order chi connectivity index (χ1) is 17.2. The van der Waals surface area contributed by atoms with Crippen molar-refractivity contribution in [1.82, 2.24) is 9.97 Å². The summed E-state index contributed by atoms with van der Waals surface area (Å²) in [6, 6.07) is 12.5. The molecular weight excluding hydrogens is 432 g/mol. The molecule has 4 nitrogen and oxygen atoms in total. The molecule has 0 aliphatic heterocycles. The molecule has 1 N–H and O–H groups in total. The highest BCUT2D eigenvalue weighted by Crippen LogP contribution is 2.25. The van der Waals surface area contributed by atoms with Crippen molar-refractivity contribution in [3.8, 4) is 29.0 Å². The number of hydrogen-bond acceptors (Lipinski definition) is 4. The monoisotopic (exact) mass is 472 g/mol. The van der Waals surface area contributed by atoms with Crippen LogP contribution in [-0.4, -0.2) is 27.8 Å². The number of ether oxygens (including phenoxy) is 1. The molecule has 0 saturated carbocycles. The Morgan fingerprint density at radius 2 is 1.54 bits per heavy atom. The Morgan fingerprint density at radius 1 is 0.857 bits per heavy atom. The highest BCUT2D eigenvalue weighted by molar-refractivity contribution is 5.87. The third-order valence-electron chi connectivity index (χ3n) is 6.14. The molecule has 0 aliphatic rings. The molecule has 1 heterocycles. The summed E-state index contributed by atoms with van der Waals surface area (Å²) in [5.41, 5.74) is 1.80. The van der Waals surface area contributed by atoms with Crippen LogP contribution in [0.25, 0.3) is 22.2 Å². The van der Waals surface area contributed by atoms with Crippen molar-refractivity contribution in [2.75, 3.05) is 6.61 Å². The van der Waals surface area contributed by atoms with Gasteiger partial charge in [0.15, 0.2) is 5.82 Å². The lowest BCUT2D eigenvalue weighted by Crippen LogP contribution is -1.97. The molecule has 1 aromatic heterocycles. The van der Waals surface area contributed by atoms with E-state index in [0.717, 1.165) is 59.9 Å². The number of aliphatic hydroxyl groups is 1. The molecule has 3 aromatic rings. The summed E-state index contributed by atoms with van der Waals surface area (Å²) >= 11 is 0. The Labute approximate surface area is 211 Å². The van der Waals surface area contributed by atoms with E-state index < -0.39 is 0 Å². The average molecular weight is 473 g/mol. The first-order valence-electron chi connectivity index (χ1n) is 13.3. The molecule has 186 valence electrons. The number of aliphatic hydroxyl groups excluding tert-OH is 1. The van der Waals surface area contributed by atoms with E-state index >= 15 is 0 Å². The maximum Gasteiger partial charge on any atom is 0.159 e. The van der Waals surface area contributed by atoms with Gasteiger partial charge in [-0.3, -0.25) is 0 Å². The molecule has 0 bridgehead atoms. The van der Waals surface area contributed by atoms with Gasteiger partial charge < -0.3 is 9.84 Å². The van der Waals surface area contributed by atoms with Gasteiger partial charge in [0, 0.05) is 24.4 Å². The smallest absolute Gasteiger partial charge is 0.159 e.